The molecule has 1 amide bonds. The quantitative estimate of drug-likeness (QED) is 0.580. The molecule has 0 fully saturated rings. The number of anilines is 1. The van der Waals surface area contributed by atoms with Gasteiger partial charge in [-0.05, 0) is 81.3 Å². The number of hydrogen-bond donors (Lipinski definition) is 2. The maximum absolute atomic E-state index is 13.3. The second-order valence-corrected chi connectivity index (χ2v) is 10.4. The van der Waals surface area contributed by atoms with Gasteiger partial charge in [-0.2, -0.15) is 5.10 Å². The third-order valence-corrected chi connectivity index (χ3v) is 7.28. The van der Waals surface area contributed by atoms with E-state index in [-0.39, 0.29) is 16.4 Å². The van der Waals surface area contributed by atoms with E-state index in [1.54, 1.807) is 32.0 Å². The third-order valence-electron chi connectivity index (χ3n) is 6.23. The van der Waals surface area contributed by atoms with Crippen LogP contribution in [0, 0.1) is 13.8 Å². The molecule has 0 spiro atoms. The van der Waals surface area contributed by atoms with E-state index in [1.165, 1.54) is 10.7 Å². The molecule has 1 atom stereocenters. The van der Waals surface area contributed by atoms with Gasteiger partial charge in [-0.25, -0.2) is 18.2 Å². The van der Waals surface area contributed by atoms with E-state index in [2.05, 4.69) is 10.4 Å². The lowest BCUT2D eigenvalue weighted by molar-refractivity contribution is -0.119. The summed E-state index contributed by atoms with van der Waals surface area (Å²) in [4.78, 5) is 26.4. The lowest BCUT2D eigenvalue weighted by atomic mass is 9.89. The first-order chi connectivity index (χ1) is 16.1. The second kappa shape index (κ2) is 9.15. The minimum absolute atomic E-state index is 0.0133. The molecule has 3 aromatic rings. The highest BCUT2D eigenvalue weighted by Crippen LogP contribution is 2.31. The molecular formula is C25H28N4O4S. The van der Waals surface area contributed by atoms with Crippen molar-refractivity contribution in [1.29, 1.82) is 0 Å². The van der Waals surface area contributed by atoms with Crippen LogP contribution in [0.2, 0.25) is 0 Å². The molecule has 1 aliphatic carbocycles. The summed E-state index contributed by atoms with van der Waals surface area (Å²) in [6.07, 6.45) is 3.02. The second-order valence-electron chi connectivity index (χ2n) is 8.82. The number of nitrogens with one attached hydrogen (secondary N) is 1. The Balaban J connectivity index is 1.82. The highest BCUT2D eigenvalue weighted by Gasteiger charge is 2.26. The van der Waals surface area contributed by atoms with E-state index in [0.717, 1.165) is 24.0 Å². The molecule has 0 aliphatic heterocycles. The molecule has 0 saturated heterocycles. The summed E-state index contributed by atoms with van der Waals surface area (Å²) in [7, 11) is -3.93. The van der Waals surface area contributed by atoms with Gasteiger partial charge in [0.2, 0.25) is 15.9 Å². The Morgan fingerprint density at radius 2 is 1.79 bits per heavy atom. The summed E-state index contributed by atoms with van der Waals surface area (Å²) in [5.74, 6) is -0.365. The highest BCUT2D eigenvalue weighted by molar-refractivity contribution is 7.89. The number of nitrogens with two attached hydrogens (primary N) is 1. The number of amides is 1. The molecule has 34 heavy (non-hydrogen) atoms. The lowest BCUT2D eigenvalue weighted by Gasteiger charge is -2.23. The maximum atomic E-state index is 13.3. The molecule has 1 unspecified atom stereocenters. The minimum atomic E-state index is -3.93. The van der Waals surface area contributed by atoms with Crippen molar-refractivity contribution in [2.24, 2.45) is 5.14 Å². The number of rotatable bonds is 5. The number of aryl methyl sites for hydroxylation is 2. The van der Waals surface area contributed by atoms with Gasteiger partial charge in [0.05, 0.1) is 10.6 Å². The highest BCUT2D eigenvalue weighted by atomic mass is 32.2. The number of hydrogen-bond acceptors (Lipinski definition) is 5. The standard InChI is InChI=1S/C25H28N4O4S/c1-15-7-6-8-19(13-15)27-24(30)17(3)29-25(31)21-10-5-4-9-20(21)23(28-29)18-12-11-16(2)22(14-18)34(26,32)33/h6-8,11-14,17H,4-5,9-10H2,1-3H3,(H,27,30)(H2,26,32,33). The summed E-state index contributed by atoms with van der Waals surface area (Å²) in [6, 6.07) is 11.5. The number of fused-ring (bicyclic) bond motifs is 1. The predicted molar refractivity (Wildman–Crippen MR) is 131 cm³/mol. The Bertz CT molecular complexity index is 1440. The van der Waals surface area contributed by atoms with Gasteiger partial charge in [-0.3, -0.25) is 9.59 Å². The van der Waals surface area contributed by atoms with Crippen LogP contribution in [0.3, 0.4) is 0 Å². The molecule has 9 heteroatoms. The first-order valence-electron chi connectivity index (χ1n) is 11.2. The van der Waals surface area contributed by atoms with Crippen LogP contribution in [-0.2, 0) is 27.7 Å². The number of nitrogens with zero attached hydrogens (tertiary/aromatic N) is 2. The van der Waals surface area contributed by atoms with Gasteiger partial charge in [0.1, 0.15) is 6.04 Å². The molecule has 0 radical (unpaired) electrons. The summed E-state index contributed by atoms with van der Waals surface area (Å²) in [5, 5.41) is 12.9. The molecule has 3 N–H and O–H groups in total. The average Bonchev–Trinajstić information content (AvgIpc) is 2.79. The van der Waals surface area contributed by atoms with Crippen LogP contribution in [0.4, 0.5) is 5.69 Å². The van der Waals surface area contributed by atoms with Crippen LogP contribution >= 0.6 is 0 Å². The fraction of sp³-hybridized carbons (Fsp3) is 0.320. The normalized spacial score (nSPS) is 14.4. The van der Waals surface area contributed by atoms with Crippen molar-refractivity contribution in [3.8, 4) is 11.3 Å². The van der Waals surface area contributed by atoms with Crippen LogP contribution < -0.4 is 16.0 Å². The van der Waals surface area contributed by atoms with Gasteiger partial charge in [-0.1, -0.05) is 24.3 Å². The first-order valence-corrected chi connectivity index (χ1v) is 12.8. The van der Waals surface area contributed by atoms with Gasteiger partial charge < -0.3 is 5.32 Å². The van der Waals surface area contributed by atoms with Gasteiger partial charge in [-0.15, -0.1) is 0 Å². The SMILES string of the molecule is Cc1cccc(NC(=O)C(C)n2nc(-c3ccc(C)c(S(N)(=O)=O)c3)c3c(c2=O)CCCC3)c1. The van der Waals surface area contributed by atoms with Crippen molar-refractivity contribution in [3.63, 3.8) is 0 Å². The van der Waals surface area contributed by atoms with Crippen LogP contribution in [0.1, 0.15) is 48.1 Å². The molecule has 1 aliphatic rings. The van der Waals surface area contributed by atoms with Crippen molar-refractivity contribution in [2.45, 2.75) is 57.4 Å². The summed E-state index contributed by atoms with van der Waals surface area (Å²) >= 11 is 0. The number of aromatic nitrogens is 2. The van der Waals surface area contributed by atoms with E-state index >= 15 is 0 Å². The predicted octanol–water partition coefficient (Wildman–Crippen LogP) is 3.25. The third kappa shape index (κ3) is 4.67. The summed E-state index contributed by atoms with van der Waals surface area (Å²) in [6.45, 7) is 5.23. The van der Waals surface area contributed by atoms with Crippen molar-refractivity contribution in [2.75, 3.05) is 5.32 Å². The van der Waals surface area contributed by atoms with E-state index in [9.17, 15) is 18.0 Å². The molecule has 1 heterocycles. The number of carbonyl (C=O) groups excluding carboxylic acids is 1. The van der Waals surface area contributed by atoms with E-state index in [0.29, 0.717) is 40.9 Å². The van der Waals surface area contributed by atoms with E-state index in [1.807, 2.05) is 25.1 Å². The monoisotopic (exact) mass is 480 g/mol. The van der Waals surface area contributed by atoms with Crippen molar-refractivity contribution in [1.82, 2.24) is 9.78 Å². The van der Waals surface area contributed by atoms with Gasteiger partial charge in [0, 0.05) is 16.8 Å². The Hall–Kier alpha value is -3.30. The van der Waals surface area contributed by atoms with E-state index in [4.69, 9.17) is 5.14 Å². The lowest BCUT2D eigenvalue weighted by Crippen LogP contribution is -2.37. The van der Waals surface area contributed by atoms with Crippen molar-refractivity contribution < 1.29 is 13.2 Å². The van der Waals surface area contributed by atoms with Crippen LogP contribution in [0.15, 0.2) is 52.2 Å². The summed E-state index contributed by atoms with van der Waals surface area (Å²) < 4.78 is 25.4. The average molecular weight is 481 g/mol. The number of carbonyl (C=O) groups is 1. The number of benzene rings is 2. The minimum Gasteiger partial charge on any atom is -0.324 e. The molecule has 8 nitrogen and oxygen atoms in total. The Morgan fingerprint density at radius 1 is 1.09 bits per heavy atom. The fourth-order valence-corrected chi connectivity index (χ4v) is 5.19. The molecule has 4 rings (SSSR count). The Labute approximate surface area is 198 Å². The number of primary sulfonamides is 1. The van der Waals surface area contributed by atoms with Gasteiger partial charge in [0.25, 0.3) is 5.56 Å². The zero-order chi connectivity index (χ0) is 24.6. The molecule has 178 valence electrons. The van der Waals surface area contributed by atoms with Gasteiger partial charge >= 0.3 is 0 Å². The summed E-state index contributed by atoms with van der Waals surface area (Å²) in [5.41, 5.74) is 4.37. The zero-order valence-corrected chi connectivity index (χ0v) is 20.3. The van der Waals surface area contributed by atoms with Crippen LogP contribution in [-0.4, -0.2) is 24.1 Å². The molecule has 0 saturated carbocycles. The molecule has 2 aromatic carbocycles. The fourth-order valence-electron chi connectivity index (χ4n) is 4.38. The van der Waals surface area contributed by atoms with E-state index < -0.39 is 16.1 Å². The smallest absolute Gasteiger partial charge is 0.271 e. The molecule has 1 aromatic heterocycles. The Kier molecular flexibility index (Phi) is 6.42. The molecule has 0 bridgehead atoms. The van der Waals surface area contributed by atoms with Crippen LogP contribution in [0.25, 0.3) is 11.3 Å². The van der Waals surface area contributed by atoms with Crippen LogP contribution in [0.5, 0.6) is 0 Å². The Morgan fingerprint density at radius 3 is 2.47 bits per heavy atom. The number of sulfonamides is 1. The van der Waals surface area contributed by atoms with Gasteiger partial charge in [0.15, 0.2) is 0 Å². The van der Waals surface area contributed by atoms with Crippen molar-refractivity contribution >= 4 is 21.6 Å². The maximum Gasteiger partial charge on any atom is 0.271 e. The van der Waals surface area contributed by atoms with Crippen molar-refractivity contribution in [3.05, 3.63) is 75.1 Å². The topological polar surface area (TPSA) is 124 Å². The zero-order valence-electron chi connectivity index (χ0n) is 19.5. The first kappa shape index (κ1) is 23.8. The molecular weight excluding hydrogens is 452 g/mol. The largest absolute Gasteiger partial charge is 0.324 e.